The summed E-state index contributed by atoms with van der Waals surface area (Å²) in [4.78, 5) is 51.6. The monoisotopic (exact) mass is 421 g/mol. The molecule has 2 bridgehead atoms. The average molecular weight is 421 g/mol. The van der Waals surface area contributed by atoms with Gasteiger partial charge in [-0.2, -0.15) is 0 Å². The van der Waals surface area contributed by atoms with Crippen molar-refractivity contribution < 1.29 is 33.4 Å². The standard InChI is InChI=1S/C23H19NO7/c1-12(25)29-22(30-13(2)26)23-11-10-17(31-23)18-19(23)21(28)24(20(18)27)16-9-5-7-14-6-3-4-8-15(14)16/h3-11,17-19,22H,1-2H3. The zero-order chi connectivity index (χ0) is 21.9. The van der Waals surface area contributed by atoms with E-state index in [2.05, 4.69) is 0 Å². The normalized spacial score (nSPS) is 28.5. The van der Waals surface area contributed by atoms with Crippen LogP contribution in [-0.2, 0) is 33.4 Å². The maximum Gasteiger partial charge on any atom is 0.305 e. The molecule has 5 rings (SSSR count). The molecule has 2 fully saturated rings. The van der Waals surface area contributed by atoms with Gasteiger partial charge in [-0.1, -0.05) is 42.5 Å². The molecule has 31 heavy (non-hydrogen) atoms. The molecular formula is C23H19NO7. The largest absolute Gasteiger partial charge is 0.422 e. The van der Waals surface area contributed by atoms with Crippen LogP contribution < -0.4 is 4.90 Å². The molecule has 3 aliphatic heterocycles. The predicted molar refractivity (Wildman–Crippen MR) is 107 cm³/mol. The molecule has 0 spiro atoms. The number of benzene rings is 2. The first kappa shape index (κ1) is 19.4. The second kappa shape index (κ2) is 6.75. The molecule has 4 atom stereocenters. The Morgan fingerprint density at radius 1 is 1.00 bits per heavy atom. The van der Waals surface area contributed by atoms with Crippen LogP contribution in [0.15, 0.2) is 54.6 Å². The van der Waals surface area contributed by atoms with Gasteiger partial charge in [-0.25, -0.2) is 4.90 Å². The number of rotatable bonds is 4. The van der Waals surface area contributed by atoms with Gasteiger partial charge in [-0.05, 0) is 17.5 Å². The minimum Gasteiger partial charge on any atom is -0.422 e. The Labute approximate surface area is 177 Å². The van der Waals surface area contributed by atoms with Crippen molar-refractivity contribution in [1.82, 2.24) is 0 Å². The molecule has 3 aliphatic rings. The lowest BCUT2D eigenvalue weighted by atomic mass is 9.76. The van der Waals surface area contributed by atoms with Gasteiger partial charge >= 0.3 is 11.9 Å². The number of esters is 2. The number of carbonyl (C=O) groups excluding carboxylic acids is 4. The van der Waals surface area contributed by atoms with Crippen LogP contribution in [0.4, 0.5) is 5.69 Å². The summed E-state index contributed by atoms with van der Waals surface area (Å²) in [6, 6.07) is 12.9. The van der Waals surface area contributed by atoms with Crippen LogP contribution in [0.2, 0.25) is 0 Å². The first-order chi connectivity index (χ1) is 14.8. The van der Waals surface area contributed by atoms with Gasteiger partial charge in [-0.15, -0.1) is 0 Å². The van der Waals surface area contributed by atoms with Crippen molar-refractivity contribution in [3.05, 3.63) is 54.6 Å². The van der Waals surface area contributed by atoms with Gasteiger partial charge in [-0.3, -0.25) is 19.2 Å². The van der Waals surface area contributed by atoms with Crippen molar-refractivity contribution in [2.75, 3.05) is 4.90 Å². The summed E-state index contributed by atoms with van der Waals surface area (Å²) in [5, 5.41) is 1.65. The molecule has 0 aliphatic carbocycles. The molecule has 2 aromatic carbocycles. The fourth-order valence-electron chi connectivity index (χ4n) is 4.86. The first-order valence-corrected chi connectivity index (χ1v) is 9.90. The molecular weight excluding hydrogens is 402 g/mol. The van der Waals surface area contributed by atoms with Crippen molar-refractivity contribution in [1.29, 1.82) is 0 Å². The number of nitrogens with zero attached hydrogens (tertiary/aromatic N) is 1. The Morgan fingerprint density at radius 3 is 2.39 bits per heavy atom. The van der Waals surface area contributed by atoms with E-state index in [1.165, 1.54) is 18.7 Å². The Bertz CT molecular complexity index is 1150. The number of carbonyl (C=O) groups is 4. The van der Waals surface area contributed by atoms with Crippen molar-refractivity contribution in [2.24, 2.45) is 11.8 Å². The Balaban J connectivity index is 1.60. The summed E-state index contributed by atoms with van der Waals surface area (Å²) in [5.41, 5.74) is -1.08. The molecule has 3 heterocycles. The summed E-state index contributed by atoms with van der Waals surface area (Å²) >= 11 is 0. The number of imide groups is 1. The van der Waals surface area contributed by atoms with Crippen molar-refractivity contribution in [3.63, 3.8) is 0 Å². The van der Waals surface area contributed by atoms with Gasteiger partial charge in [0.05, 0.1) is 23.6 Å². The van der Waals surface area contributed by atoms with Crippen LogP contribution in [0.3, 0.4) is 0 Å². The maximum atomic E-state index is 13.6. The highest BCUT2D eigenvalue weighted by Crippen LogP contribution is 2.55. The van der Waals surface area contributed by atoms with E-state index in [0.29, 0.717) is 5.69 Å². The first-order valence-electron chi connectivity index (χ1n) is 9.90. The Morgan fingerprint density at radius 2 is 1.68 bits per heavy atom. The zero-order valence-corrected chi connectivity index (χ0v) is 16.8. The minimum atomic E-state index is -1.56. The third-order valence-corrected chi connectivity index (χ3v) is 6.00. The molecule has 8 nitrogen and oxygen atoms in total. The molecule has 0 saturated carbocycles. The molecule has 4 unspecified atom stereocenters. The molecule has 0 aromatic heterocycles. The number of ether oxygens (including phenoxy) is 3. The molecule has 2 amide bonds. The fraction of sp³-hybridized carbons (Fsp3) is 0.304. The second-order valence-electron chi connectivity index (χ2n) is 7.86. The molecule has 2 saturated heterocycles. The van der Waals surface area contributed by atoms with Gasteiger partial charge in [0.15, 0.2) is 5.60 Å². The smallest absolute Gasteiger partial charge is 0.305 e. The van der Waals surface area contributed by atoms with Crippen LogP contribution in [0, 0.1) is 11.8 Å². The van der Waals surface area contributed by atoms with Gasteiger partial charge in [0.2, 0.25) is 11.8 Å². The van der Waals surface area contributed by atoms with E-state index < -0.39 is 53.6 Å². The Hall–Kier alpha value is -3.52. The number of anilines is 1. The second-order valence-corrected chi connectivity index (χ2v) is 7.86. The van der Waals surface area contributed by atoms with Crippen LogP contribution in [0.25, 0.3) is 10.8 Å². The highest BCUT2D eigenvalue weighted by atomic mass is 16.7. The van der Waals surface area contributed by atoms with E-state index in [4.69, 9.17) is 14.2 Å². The van der Waals surface area contributed by atoms with E-state index in [-0.39, 0.29) is 0 Å². The van der Waals surface area contributed by atoms with E-state index in [0.717, 1.165) is 10.8 Å². The van der Waals surface area contributed by atoms with E-state index in [1.54, 1.807) is 24.3 Å². The van der Waals surface area contributed by atoms with Crippen molar-refractivity contribution >= 4 is 40.2 Å². The highest BCUT2D eigenvalue weighted by molar-refractivity contribution is 6.26. The van der Waals surface area contributed by atoms with Gasteiger partial charge in [0, 0.05) is 19.2 Å². The summed E-state index contributed by atoms with van der Waals surface area (Å²) in [5.74, 6) is -4.07. The van der Waals surface area contributed by atoms with Crippen LogP contribution in [0.5, 0.6) is 0 Å². The average Bonchev–Trinajstić information content (AvgIpc) is 3.38. The lowest BCUT2D eigenvalue weighted by Gasteiger charge is -2.34. The number of amides is 2. The quantitative estimate of drug-likeness (QED) is 0.323. The third-order valence-electron chi connectivity index (χ3n) is 6.00. The molecule has 0 N–H and O–H groups in total. The molecule has 158 valence electrons. The summed E-state index contributed by atoms with van der Waals surface area (Å²) < 4.78 is 16.4. The molecule has 0 radical (unpaired) electrons. The van der Waals surface area contributed by atoms with Gasteiger partial charge < -0.3 is 14.2 Å². The van der Waals surface area contributed by atoms with Gasteiger partial charge in [0.1, 0.15) is 0 Å². The van der Waals surface area contributed by atoms with E-state index in [9.17, 15) is 19.2 Å². The molecule has 2 aromatic rings. The maximum absolute atomic E-state index is 13.6. The van der Waals surface area contributed by atoms with Crippen LogP contribution >= 0.6 is 0 Å². The van der Waals surface area contributed by atoms with Crippen LogP contribution in [0.1, 0.15) is 13.8 Å². The summed E-state index contributed by atoms with van der Waals surface area (Å²) in [6.07, 6.45) is 1.05. The Kier molecular flexibility index (Phi) is 4.23. The molecule has 8 heteroatoms. The third kappa shape index (κ3) is 2.71. The predicted octanol–water partition coefficient (Wildman–Crippen LogP) is 2.11. The zero-order valence-electron chi connectivity index (χ0n) is 16.8. The fourth-order valence-corrected chi connectivity index (χ4v) is 4.86. The van der Waals surface area contributed by atoms with E-state index >= 15 is 0 Å². The lowest BCUT2D eigenvalue weighted by Crippen LogP contribution is -2.52. The van der Waals surface area contributed by atoms with Crippen LogP contribution in [-0.4, -0.2) is 41.7 Å². The van der Waals surface area contributed by atoms with E-state index in [1.807, 2.05) is 30.3 Å². The lowest BCUT2D eigenvalue weighted by molar-refractivity contribution is -0.226. The number of fused-ring (bicyclic) bond motifs is 6. The summed E-state index contributed by atoms with van der Waals surface area (Å²) in [7, 11) is 0. The number of hydrogen-bond acceptors (Lipinski definition) is 7. The van der Waals surface area contributed by atoms with Gasteiger partial charge in [0.25, 0.3) is 6.29 Å². The highest BCUT2D eigenvalue weighted by Gasteiger charge is 2.72. The van der Waals surface area contributed by atoms with Crippen molar-refractivity contribution in [3.8, 4) is 0 Å². The summed E-state index contributed by atoms with van der Waals surface area (Å²) in [6.45, 7) is 2.33. The SMILES string of the molecule is CC(=O)OC(OC(C)=O)C12C=CC(O1)C1C(=O)N(c3cccc4ccccc34)C(=O)C12. The minimum absolute atomic E-state index is 0.396. The van der Waals surface area contributed by atoms with Crippen molar-refractivity contribution in [2.45, 2.75) is 31.8 Å². The topological polar surface area (TPSA) is 99.2 Å². The number of hydrogen-bond donors (Lipinski definition) is 0.